The molecule has 0 radical (unpaired) electrons. The molecule has 2 N–H and O–H groups in total. The number of anilines is 1. The number of carbonyl (C=O) groups is 1. The molecule has 1 aliphatic heterocycles. The first-order valence-electron chi connectivity index (χ1n) is 10.2. The summed E-state index contributed by atoms with van der Waals surface area (Å²) in [6.07, 6.45) is 3.53. The Balaban J connectivity index is 1.66. The van der Waals surface area contributed by atoms with Crippen molar-refractivity contribution in [3.8, 4) is 11.4 Å². The maximum absolute atomic E-state index is 13.2. The number of carbonyl (C=O) groups excluding carboxylic acids is 1. The molecular formula is C23H25ClN4O2. The number of nitrogens with zero attached hydrogens (tertiary/aromatic N) is 2. The van der Waals surface area contributed by atoms with Crippen molar-refractivity contribution in [2.75, 3.05) is 25.0 Å². The molecule has 30 heavy (non-hydrogen) atoms. The summed E-state index contributed by atoms with van der Waals surface area (Å²) in [7, 11) is 0. The summed E-state index contributed by atoms with van der Waals surface area (Å²) in [5, 5.41) is 11.5. The number of para-hydroxylation sites is 1. The normalized spacial score (nSPS) is 14.5. The zero-order valence-electron chi connectivity index (χ0n) is 16.9. The number of rotatable bonds is 6. The van der Waals surface area contributed by atoms with Crippen LogP contribution in [0.5, 0.6) is 5.75 Å². The molecule has 0 atom stereocenters. The lowest BCUT2D eigenvalue weighted by atomic mass is 9.91. The summed E-state index contributed by atoms with van der Waals surface area (Å²) in [4.78, 5) is 13.2. The maximum Gasteiger partial charge on any atom is 0.259 e. The fourth-order valence-corrected chi connectivity index (χ4v) is 4.05. The fraction of sp³-hybridized carbons (Fsp3) is 0.304. The largest absolute Gasteiger partial charge is 0.494 e. The Hall–Kier alpha value is -2.83. The van der Waals surface area contributed by atoms with E-state index in [1.807, 2.05) is 60.1 Å². The fourth-order valence-electron chi connectivity index (χ4n) is 3.84. The monoisotopic (exact) mass is 424 g/mol. The molecule has 0 spiro atoms. The first kappa shape index (κ1) is 20.4. The van der Waals surface area contributed by atoms with Crippen LogP contribution in [0.25, 0.3) is 5.69 Å². The van der Waals surface area contributed by atoms with Crippen LogP contribution in [0.2, 0.25) is 5.02 Å². The quantitative estimate of drug-likeness (QED) is 0.604. The minimum atomic E-state index is -0.175. The van der Waals surface area contributed by atoms with E-state index in [0.29, 0.717) is 22.9 Å². The number of halogens is 1. The number of amides is 1. The molecule has 3 aromatic rings. The number of hydrogen-bond donors (Lipinski definition) is 2. The summed E-state index contributed by atoms with van der Waals surface area (Å²) < 4.78 is 7.29. The maximum atomic E-state index is 13.2. The lowest BCUT2D eigenvalue weighted by Gasteiger charge is -2.25. The van der Waals surface area contributed by atoms with Crippen LogP contribution in [0.1, 0.15) is 41.7 Å². The molecule has 7 heteroatoms. The Morgan fingerprint density at radius 2 is 1.93 bits per heavy atom. The van der Waals surface area contributed by atoms with Crippen molar-refractivity contribution in [3.63, 3.8) is 0 Å². The lowest BCUT2D eigenvalue weighted by Crippen LogP contribution is -2.29. The first-order chi connectivity index (χ1) is 14.7. The third kappa shape index (κ3) is 4.35. The van der Waals surface area contributed by atoms with E-state index in [9.17, 15) is 4.79 Å². The molecule has 1 fully saturated rings. The van der Waals surface area contributed by atoms with Gasteiger partial charge in [-0.15, -0.1) is 0 Å². The van der Waals surface area contributed by atoms with E-state index < -0.39 is 0 Å². The van der Waals surface area contributed by atoms with E-state index in [0.717, 1.165) is 43.1 Å². The van der Waals surface area contributed by atoms with Crippen LogP contribution in [0.15, 0.2) is 54.7 Å². The minimum Gasteiger partial charge on any atom is -0.494 e. The minimum absolute atomic E-state index is 0.175. The van der Waals surface area contributed by atoms with Gasteiger partial charge in [0.2, 0.25) is 0 Å². The Bertz CT molecular complexity index is 1010. The SMILES string of the molecule is CCOc1ccc(NC(=O)c2cnn(-c3ccccc3Cl)c2C2CCNCC2)cc1. The van der Waals surface area contributed by atoms with E-state index >= 15 is 0 Å². The summed E-state index contributed by atoms with van der Waals surface area (Å²) in [6.45, 7) is 4.37. The van der Waals surface area contributed by atoms with Crippen molar-refractivity contribution in [2.45, 2.75) is 25.7 Å². The molecular weight excluding hydrogens is 400 g/mol. The van der Waals surface area contributed by atoms with Gasteiger partial charge in [-0.1, -0.05) is 23.7 Å². The highest BCUT2D eigenvalue weighted by atomic mass is 35.5. The predicted octanol–water partition coefficient (Wildman–Crippen LogP) is 4.64. The van der Waals surface area contributed by atoms with Crippen molar-refractivity contribution in [1.29, 1.82) is 0 Å². The van der Waals surface area contributed by atoms with Gasteiger partial charge in [-0.3, -0.25) is 4.79 Å². The number of hydrogen-bond acceptors (Lipinski definition) is 4. The molecule has 1 aromatic heterocycles. The van der Waals surface area contributed by atoms with Crippen LogP contribution in [-0.4, -0.2) is 35.4 Å². The molecule has 2 aromatic carbocycles. The standard InChI is InChI=1S/C23H25ClN4O2/c1-2-30-18-9-7-17(8-10-18)27-23(29)19-15-26-28(21-6-4-3-5-20(21)24)22(19)16-11-13-25-14-12-16/h3-10,15-16,25H,2,11-14H2,1H3,(H,27,29). The number of aromatic nitrogens is 2. The highest BCUT2D eigenvalue weighted by Crippen LogP contribution is 2.32. The van der Waals surface area contributed by atoms with Gasteiger partial charge in [0, 0.05) is 11.6 Å². The van der Waals surface area contributed by atoms with E-state index in [1.165, 1.54) is 0 Å². The Labute approximate surface area is 181 Å². The van der Waals surface area contributed by atoms with Crippen LogP contribution in [0.3, 0.4) is 0 Å². The second-order valence-electron chi connectivity index (χ2n) is 7.24. The highest BCUT2D eigenvalue weighted by Gasteiger charge is 2.27. The average Bonchev–Trinajstić information content (AvgIpc) is 3.21. The predicted molar refractivity (Wildman–Crippen MR) is 119 cm³/mol. The zero-order valence-corrected chi connectivity index (χ0v) is 17.7. The molecule has 0 aliphatic carbocycles. The van der Waals surface area contributed by atoms with Crippen LogP contribution < -0.4 is 15.4 Å². The van der Waals surface area contributed by atoms with Gasteiger partial charge in [0.1, 0.15) is 5.75 Å². The molecule has 0 unspecified atom stereocenters. The topological polar surface area (TPSA) is 68.2 Å². The Kier molecular flexibility index (Phi) is 6.35. The van der Waals surface area contributed by atoms with Gasteiger partial charge in [-0.25, -0.2) is 4.68 Å². The number of benzene rings is 2. The zero-order chi connectivity index (χ0) is 20.9. The van der Waals surface area contributed by atoms with E-state index in [2.05, 4.69) is 15.7 Å². The van der Waals surface area contributed by atoms with E-state index in [4.69, 9.17) is 16.3 Å². The van der Waals surface area contributed by atoms with Crippen molar-refractivity contribution < 1.29 is 9.53 Å². The summed E-state index contributed by atoms with van der Waals surface area (Å²) in [5.41, 5.74) is 2.99. The molecule has 6 nitrogen and oxygen atoms in total. The number of nitrogens with one attached hydrogen (secondary N) is 2. The van der Waals surface area contributed by atoms with Gasteiger partial charge in [0.25, 0.3) is 5.91 Å². The van der Waals surface area contributed by atoms with Crippen LogP contribution in [0, 0.1) is 0 Å². The second kappa shape index (κ2) is 9.32. The Morgan fingerprint density at radius 3 is 2.63 bits per heavy atom. The third-order valence-electron chi connectivity index (χ3n) is 5.28. The molecule has 0 saturated carbocycles. The molecule has 2 heterocycles. The van der Waals surface area contributed by atoms with Crippen LogP contribution in [0.4, 0.5) is 5.69 Å². The van der Waals surface area contributed by atoms with Gasteiger partial charge in [0.15, 0.2) is 0 Å². The lowest BCUT2D eigenvalue weighted by molar-refractivity contribution is 0.102. The van der Waals surface area contributed by atoms with Gasteiger partial charge in [-0.2, -0.15) is 5.10 Å². The molecule has 0 bridgehead atoms. The molecule has 4 rings (SSSR count). The van der Waals surface area contributed by atoms with Crippen molar-refractivity contribution >= 4 is 23.2 Å². The second-order valence-corrected chi connectivity index (χ2v) is 7.65. The summed E-state index contributed by atoms with van der Waals surface area (Å²) >= 11 is 6.44. The molecule has 1 aliphatic rings. The van der Waals surface area contributed by atoms with Gasteiger partial charge < -0.3 is 15.4 Å². The summed E-state index contributed by atoms with van der Waals surface area (Å²) in [5.74, 6) is 0.828. The van der Waals surface area contributed by atoms with Crippen molar-refractivity contribution in [3.05, 3.63) is 71.0 Å². The smallest absolute Gasteiger partial charge is 0.259 e. The van der Waals surface area contributed by atoms with E-state index in [1.54, 1.807) is 6.20 Å². The van der Waals surface area contributed by atoms with Gasteiger partial charge in [0.05, 0.1) is 34.8 Å². The van der Waals surface area contributed by atoms with Gasteiger partial charge >= 0.3 is 0 Å². The molecule has 1 saturated heterocycles. The highest BCUT2D eigenvalue weighted by molar-refractivity contribution is 6.32. The van der Waals surface area contributed by atoms with Gasteiger partial charge in [-0.05, 0) is 69.3 Å². The Morgan fingerprint density at radius 1 is 1.20 bits per heavy atom. The average molecular weight is 425 g/mol. The number of piperidine rings is 1. The molecule has 156 valence electrons. The third-order valence-corrected chi connectivity index (χ3v) is 5.60. The van der Waals surface area contributed by atoms with Crippen molar-refractivity contribution in [2.24, 2.45) is 0 Å². The van der Waals surface area contributed by atoms with Crippen molar-refractivity contribution in [1.82, 2.24) is 15.1 Å². The van der Waals surface area contributed by atoms with Crippen LogP contribution in [-0.2, 0) is 0 Å². The number of ether oxygens (including phenoxy) is 1. The first-order valence-corrected chi connectivity index (χ1v) is 10.6. The van der Waals surface area contributed by atoms with E-state index in [-0.39, 0.29) is 11.8 Å². The van der Waals surface area contributed by atoms with Crippen LogP contribution >= 0.6 is 11.6 Å². The molecule has 1 amide bonds. The summed E-state index contributed by atoms with van der Waals surface area (Å²) in [6, 6.07) is 14.9.